The van der Waals surface area contributed by atoms with Crippen LogP contribution < -0.4 is 16.2 Å². The van der Waals surface area contributed by atoms with Gasteiger partial charge in [0, 0.05) is 24.7 Å². The summed E-state index contributed by atoms with van der Waals surface area (Å²) in [5, 5.41) is 3.75. The van der Waals surface area contributed by atoms with Crippen molar-refractivity contribution >= 4 is 0 Å². The predicted octanol–water partition coefficient (Wildman–Crippen LogP) is 0.485. The lowest BCUT2D eigenvalue weighted by Crippen LogP contribution is -2.48. The molecule has 1 aliphatic carbocycles. The van der Waals surface area contributed by atoms with E-state index in [2.05, 4.69) is 30.0 Å². The van der Waals surface area contributed by atoms with E-state index in [9.17, 15) is 0 Å². The predicted molar refractivity (Wildman–Crippen MR) is 56.7 cm³/mol. The van der Waals surface area contributed by atoms with Gasteiger partial charge in [0.25, 0.3) is 0 Å². The van der Waals surface area contributed by atoms with E-state index in [1.54, 1.807) is 0 Å². The molecule has 0 aromatic rings. The van der Waals surface area contributed by atoms with Crippen molar-refractivity contribution in [1.82, 2.24) is 16.2 Å². The first kappa shape index (κ1) is 9.13. The highest BCUT2D eigenvalue weighted by molar-refractivity contribution is 5.05. The van der Waals surface area contributed by atoms with Gasteiger partial charge in [0.2, 0.25) is 0 Å². The summed E-state index contributed by atoms with van der Waals surface area (Å²) in [6, 6.07) is 2.20. The summed E-state index contributed by atoms with van der Waals surface area (Å²) in [6.45, 7) is 5.92. The lowest BCUT2D eigenvalue weighted by atomic mass is 9.71. The maximum absolute atomic E-state index is 3.75. The minimum absolute atomic E-state index is 0.700. The van der Waals surface area contributed by atoms with Crippen molar-refractivity contribution < 1.29 is 0 Å². The maximum Gasteiger partial charge on any atom is 0.0300 e. The van der Waals surface area contributed by atoms with Crippen LogP contribution in [-0.4, -0.2) is 24.7 Å². The van der Waals surface area contributed by atoms with E-state index in [1.807, 2.05) is 0 Å². The van der Waals surface area contributed by atoms with Gasteiger partial charge in [-0.2, -0.15) is 0 Å². The monoisotopic (exact) mass is 195 g/mol. The zero-order valence-corrected chi connectivity index (χ0v) is 9.09. The Balaban J connectivity index is 1.84. The lowest BCUT2D eigenvalue weighted by Gasteiger charge is -2.36. The topological polar surface area (TPSA) is 36.1 Å². The van der Waals surface area contributed by atoms with Crippen LogP contribution in [0.3, 0.4) is 0 Å². The fraction of sp³-hybridized carbons (Fsp3) is 1.00. The van der Waals surface area contributed by atoms with E-state index in [4.69, 9.17) is 0 Å². The molecule has 0 spiro atoms. The molecule has 2 heterocycles. The highest BCUT2D eigenvalue weighted by Gasteiger charge is 2.49. The first-order valence-electron chi connectivity index (χ1n) is 6.02. The van der Waals surface area contributed by atoms with Crippen LogP contribution in [0.2, 0.25) is 0 Å². The van der Waals surface area contributed by atoms with Crippen molar-refractivity contribution in [2.75, 3.05) is 6.54 Å². The standard InChI is InChI=1S/C11H21N3/c1-6-7(2)13-9-4-3-8-5-12-14-11(8)10(6)9/h6-14H,3-5H2,1-2H3. The molecule has 3 N–H and O–H groups in total. The molecular weight excluding hydrogens is 174 g/mol. The van der Waals surface area contributed by atoms with Gasteiger partial charge in [-0.3, -0.25) is 10.9 Å². The summed E-state index contributed by atoms with van der Waals surface area (Å²) < 4.78 is 0. The first-order chi connectivity index (χ1) is 6.77. The van der Waals surface area contributed by atoms with Gasteiger partial charge in [0.05, 0.1) is 0 Å². The van der Waals surface area contributed by atoms with Gasteiger partial charge in [0.15, 0.2) is 0 Å². The lowest BCUT2D eigenvalue weighted by molar-refractivity contribution is 0.184. The van der Waals surface area contributed by atoms with Gasteiger partial charge in [-0.05, 0) is 37.5 Å². The number of hydrazine groups is 1. The second-order valence-corrected chi connectivity index (χ2v) is 5.39. The highest BCUT2D eigenvalue weighted by atomic mass is 15.4. The van der Waals surface area contributed by atoms with Gasteiger partial charge in [-0.25, -0.2) is 0 Å². The number of fused-ring (bicyclic) bond motifs is 3. The molecule has 6 atom stereocenters. The van der Waals surface area contributed by atoms with Crippen molar-refractivity contribution in [3.05, 3.63) is 0 Å². The summed E-state index contributed by atoms with van der Waals surface area (Å²) in [5.74, 6) is 2.55. The van der Waals surface area contributed by atoms with Crippen LogP contribution in [0, 0.1) is 17.8 Å². The van der Waals surface area contributed by atoms with Crippen LogP contribution in [0.4, 0.5) is 0 Å². The fourth-order valence-electron chi connectivity index (χ4n) is 3.79. The number of hydrogen-bond donors (Lipinski definition) is 3. The van der Waals surface area contributed by atoms with Gasteiger partial charge in [-0.1, -0.05) is 6.92 Å². The SMILES string of the molecule is CC1NC2CCC3CNNC3C2C1C. The molecule has 6 unspecified atom stereocenters. The Labute approximate surface area is 86.0 Å². The van der Waals surface area contributed by atoms with E-state index in [-0.39, 0.29) is 0 Å². The minimum atomic E-state index is 0.700. The zero-order valence-electron chi connectivity index (χ0n) is 9.09. The molecule has 3 heteroatoms. The van der Waals surface area contributed by atoms with Crippen molar-refractivity contribution in [3.63, 3.8) is 0 Å². The summed E-state index contributed by atoms with van der Waals surface area (Å²) in [5.41, 5.74) is 6.83. The van der Waals surface area contributed by atoms with Crippen LogP contribution in [0.25, 0.3) is 0 Å². The Morgan fingerprint density at radius 2 is 2.00 bits per heavy atom. The molecule has 3 aliphatic rings. The molecule has 0 radical (unpaired) electrons. The number of rotatable bonds is 0. The zero-order chi connectivity index (χ0) is 9.71. The Morgan fingerprint density at radius 1 is 1.14 bits per heavy atom. The van der Waals surface area contributed by atoms with E-state index in [0.717, 1.165) is 29.8 Å². The van der Waals surface area contributed by atoms with Crippen LogP contribution in [0.1, 0.15) is 26.7 Å². The Hall–Kier alpha value is -0.120. The van der Waals surface area contributed by atoms with E-state index in [1.165, 1.54) is 19.4 Å². The molecule has 0 aromatic heterocycles. The molecule has 0 aromatic carbocycles. The normalized spacial score (nSPS) is 57.0. The van der Waals surface area contributed by atoms with E-state index >= 15 is 0 Å². The molecule has 14 heavy (non-hydrogen) atoms. The number of nitrogens with one attached hydrogen (secondary N) is 3. The Bertz CT molecular complexity index is 231. The molecule has 3 fully saturated rings. The Morgan fingerprint density at radius 3 is 2.86 bits per heavy atom. The summed E-state index contributed by atoms with van der Waals surface area (Å²) in [6.07, 6.45) is 2.77. The molecular formula is C11H21N3. The van der Waals surface area contributed by atoms with Crippen LogP contribution in [-0.2, 0) is 0 Å². The third-order valence-corrected chi connectivity index (χ3v) is 4.74. The van der Waals surface area contributed by atoms with Crippen molar-refractivity contribution in [2.24, 2.45) is 17.8 Å². The van der Waals surface area contributed by atoms with Crippen LogP contribution >= 0.6 is 0 Å². The van der Waals surface area contributed by atoms with Gasteiger partial charge >= 0.3 is 0 Å². The second-order valence-electron chi connectivity index (χ2n) is 5.39. The largest absolute Gasteiger partial charge is 0.311 e. The molecule has 1 saturated carbocycles. The summed E-state index contributed by atoms with van der Waals surface area (Å²) in [4.78, 5) is 0. The highest BCUT2D eigenvalue weighted by Crippen LogP contribution is 2.40. The van der Waals surface area contributed by atoms with Crippen molar-refractivity contribution in [2.45, 2.75) is 44.8 Å². The molecule has 2 saturated heterocycles. The van der Waals surface area contributed by atoms with Gasteiger partial charge in [0.1, 0.15) is 0 Å². The van der Waals surface area contributed by atoms with Gasteiger partial charge in [-0.15, -0.1) is 0 Å². The molecule has 2 aliphatic heterocycles. The van der Waals surface area contributed by atoms with Crippen LogP contribution in [0.5, 0.6) is 0 Å². The third kappa shape index (κ3) is 1.16. The average molecular weight is 195 g/mol. The molecule has 0 bridgehead atoms. The summed E-state index contributed by atoms with van der Waals surface area (Å²) in [7, 11) is 0. The fourth-order valence-corrected chi connectivity index (χ4v) is 3.79. The Kier molecular flexibility index (Phi) is 2.08. The van der Waals surface area contributed by atoms with Gasteiger partial charge < -0.3 is 5.32 Å². The molecule has 80 valence electrons. The molecule has 3 nitrogen and oxygen atoms in total. The van der Waals surface area contributed by atoms with Crippen molar-refractivity contribution in [1.29, 1.82) is 0 Å². The minimum Gasteiger partial charge on any atom is -0.311 e. The number of hydrogen-bond acceptors (Lipinski definition) is 3. The average Bonchev–Trinajstić information content (AvgIpc) is 2.72. The molecule has 3 rings (SSSR count). The van der Waals surface area contributed by atoms with E-state index in [0.29, 0.717) is 6.04 Å². The first-order valence-corrected chi connectivity index (χ1v) is 6.02. The van der Waals surface area contributed by atoms with Crippen molar-refractivity contribution in [3.8, 4) is 0 Å². The van der Waals surface area contributed by atoms with Crippen LogP contribution in [0.15, 0.2) is 0 Å². The second kappa shape index (κ2) is 3.19. The van der Waals surface area contributed by atoms with E-state index < -0.39 is 0 Å². The maximum atomic E-state index is 3.75. The quantitative estimate of drug-likeness (QED) is 0.526. The summed E-state index contributed by atoms with van der Waals surface area (Å²) >= 11 is 0. The third-order valence-electron chi connectivity index (χ3n) is 4.74. The smallest absolute Gasteiger partial charge is 0.0300 e. The molecule has 0 amide bonds.